The molecular formula is C13H24N4O4. The highest BCUT2D eigenvalue weighted by atomic mass is 16.4. The molecule has 0 spiro atoms. The minimum absolute atomic E-state index is 0.00967. The molecule has 2 atom stereocenters. The van der Waals surface area contributed by atoms with E-state index < -0.39 is 23.9 Å². The molecule has 8 nitrogen and oxygen atoms in total. The number of carbonyl (C=O) groups excluding carboxylic acids is 2. The number of piperidine rings is 1. The van der Waals surface area contributed by atoms with Crippen molar-refractivity contribution in [2.75, 3.05) is 26.7 Å². The number of carbonyl (C=O) groups is 3. The van der Waals surface area contributed by atoms with Crippen LogP contribution in [0.15, 0.2) is 0 Å². The number of nitrogens with two attached hydrogens (primary N) is 1. The molecule has 0 radical (unpaired) electrons. The average Bonchev–Trinajstić information content (AvgIpc) is 2.40. The third-order valence-electron chi connectivity index (χ3n) is 3.56. The molecule has 0 aromatic heterocycles. The standard InChI is InChI=1S/C13H24N4O4/c1-17-6-2-3-9(8-17)7-15-13(21)16-10(12(19)20)4-5-11(14)18/h9-10H,2-8H2,1H3,(H2,14,18)(H,19,20)(H2,15,16,21). The lowest BCUT2D eigenvalue weighted by Crippen LogP contribution is -2.48. The molecule has 0 bridgehead atoms. The van der Waals surface area contributed by atoms with Crippen LogP contribution in [0.4, 0.5) is 4.79 Å². The second-order valence-electron chi connectivity index (χ2n) is 5.52. The number of nitrogens with zero attached hydrogens (tertiary/aromatic N) is 1. The van der Waals surface area contributed by atoms with Gasteiger partial charge < -0.3 is 26.4 Å². The first kappa shape index (κ1) is 17.2. The average molecular weight is 300 g/mol. The first-order valence-corrected chi connectivity index (χ1v) is 7.12. The summed E-state index contributed by atoms with van der Waals surface area (Å²) in [6, 6.07) is -1.63. The predicted molar refractivity (Wildman–Crippen MR) is 76.6 cm³/mol. The summed E-state index contributed by atoms with van der Waals surface area (Å²) in [5.41, 5.74) is 4.98. The predicted octanol–water partition coefficient (Wildman–Crippen LogP) is -0.654. The minimum Gasteiger partial charge on any atom is -0.480 e. The van der Waals surface area contributed by atoms with Crippen molar-refractivity contribution in [1.29, 1.82) is 0 Å². The Bertz CT molecular complexity index is 388. The Balaban J connectivity index is 2.32. The van der Waals surface area contributed by atoms with Gasteiger partial charge in [-0.1, -0.05) is 0 Å². The van der Waals surface area contributed by atoms with Crippen molar-refractivity contribution >= 4 is 17.9 Å². The summed E-state index contributed by atoms with van der Waals surface area (Å²) in [7, 11) is 2.04. The molecule has 3 amide bonds. The third-order valence-corrected chi connectivity index (χ3v) is 3.56. The van der Waals surface area contributed by atoms with Crippen LogP contribution in [0.3, 0.4) is 0 Å². The molecule has 8 heteroatoms. The summed E-state index contributed by atoms with van der Waals surface area (Å²) in [6.45, 7) is 2.50. The number of urea groups is 1. The molecule has 0 aliphatic carbocycles. The Morgan fingerprint density at radius 3 is 2.71 bits per heavy atom. The lowest BCUT2D eigenvalue weighted by molar-refractivity contribution is -0.139. The lowest BCUT2D eigenvalue weighted by atomic mass is 9.99. The summed E-state index contributed by atoms with van der Waals surface area (Å²) >= 11 is 0. The fourth-order valence-corrected chi connectivity index (χ4v) is 2.43. The van der Waals surface area contributed by atoms with E-state index in [0.29, 0.717) is 12.5 Å². The van der Waals surface area contributed by atoms with Crippen LogP contribution in [0.5, 0.6) is 0 Å². The van der Waals surface area contributed by atoms with Gasteiger partial charge in [0.15, 0.2) is 0 Å². The van der Waals surface area contributed by atoms with E-state index in [1.807, 2.05) is 7.05 Å². The number of carboxylic acid groups (broad SMARTS) is 1. The second kappa shape index (κ2) is 8.46. The van der Waals surface area contributed by atoms with E-state index in [1.54, 1.807) is 0 Å². The van der Waals surface area contributed by atoms with E-state index >= 15 is 0 Å². The van der Waals surface area contributed by atoms with Gasteiger partial charge in [-0.25, -0.2) is 9.59 Å². The first-order valence-electron chi connectivity index (χ1n) is 7.12. The Hall–Kier alpha value is -1.83. The Kier molecular flexibility index (Phi) is 6.93. The number of hydrogen-bond donors (Lipinski definition) is 4. The highest BCUT2D eigenvalue weighted by Gasteiger charge is 2.22. The van der Waals surface area contributed by atoms with Crippen LogP contribution in [-0.4, -0.2) is 60.6 Å². The SMILES string of the molecule is CN1CCCC(CNC(=O)NC(CCC(N)=O)C(=O)O)C1. The summed E-state index contributed by atoms with van der Waals surface area (Å²) < 4.78 is 0. The van der Waals surface area contributed by atoms with Crippen molar-refractivity contribution in [2.45, 2.75) is 31.7 Å². The van der Waals surface area contributed by atoms with Crippen LogP contribution < -0.4 is 16.4 Å². The van der Waals surface area contributed by atoms with E-state index in [4.69, 9.17) is 10.8 Å². The number of hydrogen-bond acceptors (Lipinski definition) is 4. The molecular weight excluding hydrogens is 276 g/mol. The van der Waals surface area contributed by atoms with Crippen LogP contribution in [-0.2, 0) is 9.59 Å². The molecule has 1 aliphatic rings. The molecule has 5 N–H and O–H groups in total. The fraction of sp³-hybridized carbons (Fsp3) is 0.769. The number of rotatable bonds is 7. The van der Waals surface area contributed by atoms with Crippen molar-refractivity contribution in [3.05, 3.63) is 0 Å². The maximum atomic E-state index is 11.7. The summed E-state index contributed by atoms with van der Waals surface area (Å²) in [6.07, 6.45) is 2.06. The maximum absolute atomic E-state index is 11.7. The number of nitrogens with one attached hydrogen (secondary N) is 2. The molecule has 1 aliphatic heterocycles. The molecule has 0 saturated carbocycles. The normalized spacial score (nSPS) is 20.5. The van der Waals surface area contributed by atoms with Gasteiger partial charge in [0.05, 0.1) is 0 Å². The molecule has 1 saturated heterocycles. The van der Waals surface area contributed by atoms with E-state index in [-0.39, 0.29) is 12.8 Å². The van der Waals surface area contributed by atoms with Gasteiger partial charge in [-0.2, -0.15) is 0 Å². The van der Waals surface area contributed by atoms with E-state index in [0.717, 1.165) is 25.9 Å². The summed E-state index contributed by atoms with van der Waals surface area (Å²) in [5.74, 6) is -1.39. The van der Waals surface area contributed by atoms with E-state index in [2.05, 4.69) is 15.5 Å². The first-order chi connectivity index (χ1) is 9.88. The van der Waals surface area contributed by atoms with Gasteiger partial charge in [0, 0.05) is 19.5 Å². The number of likely N-dealkylation sites (tertiary alicyclic amines) is 1. The Morgan fingerprint density at radius 1 is 1.43 bits per heavy atom. The summed E-state index contributed by atoms with van der Waals surface area (Å²) in [4.78, 5) is 35.6. The van der Waals surface area contributed by atoms with Crippen LogP contribution in [0, 0.1) is 5.92 Å². The van der Waals surface area contributed by atoms with Crippen molar-refractivity contribution < 1.29 is 19.5 Å². The van der Waals surface area contributed by atoms with E-state index in [1.165, 1.54) is 0 Å². The largest absolute Gasteiger partial charge is 0.480 e. The minimum atomic E-state index is -1.18. The van der Waals surface area contributed by atoms with Crippen molar-refractivity contribution in [1.82, 2.24) is 15.5 Å². The molecule has 2 unspecified atom stereocenters. The Labute approximate surface area is 124 Å². The monoisotopic (exact) mass is 300 g/mol. The number of carboxylic acids is 1. The zero-order valence-corrected chi connectivity index (χ0v) is 12.3. The van der Waals surface area contributed by atoms with Crippen LogP contribution in [0.2, 0.25) is 0 Å². The molecule has 120 valence electrons. The smallest absolute Gasteiger partial charge is 0.326 e. The van der Waals surface area contributed by atoms with Gasteiger partial charge >= 0.3 is 12.0 Å². The van der Waals surface area contributed by atoms with Gasteiger partial charge in [0.25, 0.3) is 0 Å². The lowest BCUT2D eigenvalue weighted by Gasteiger charge is -2.29. The van der Waals surface area contributed by atoms with Crippen molar-refractivity contribution in [3.63, 3.8) is 0 Å². The van der Waals surface area contributed by atoms with Crippen LogP contribution >= 0.6 is 0 Å². The zero-order chi connectivity index (χ0) is 15.8. The van der Waals surface area contributed by atoms with Gasteiger partial charge in [0.1, 0.15) is 6.04 Å². The number of aliphatic carboxylic acids is 1. The molecule has 1 rings (SSSR count). The topological polar surface area (TPSA) is 125 Å². The van der Waals surface area contributed by atoms with Gasteiger partial charge in [-0.15, -0.1) is 0 Å². The van der Waals surface area contributed by atoms with Crippen molar-refractivity contribution in [2.24, 2.45) is 11.7 Å². The fourth-order valence-electron chi connectivity index (χ4n) is 2.43. The molecule has 0 aromatic carbocycles. The van der Waals surface area contributed by atoms with Crippen LogP contribution in [0.1, 0.15) is 25.7 Å². The molecule has 1 fully saturated rings. The number of primary amides is 1. The Morgan fingerprint density at radius 2 is 2.14 bits per heavy atom. The highest BCUT2D eigenvalue weighted by molar-refractivity contribution is 5.83. The summed E-state index contributed by atoms with van der Waals surface area (Å²) in [5, 5.41) is 14.0. The third kappa shape index (κ3) is 6.94. The molecule has 21 heavy (non-hydrogen) atoms. The molecule has 0 aromatic rings. The quantitative estimate of drug-likeness (QED) is 0.497. The van der Waals surface area contributed by atoms with Gasteiger partial charge in [-0.3, -0.25) is 4.79 Å². The van der Waals surface area contributed by atoms with Crippen molar-refractivity contribution in [3.8, 4) is 0 Å². The van der Waals surface area contributed by atoms with Crippen LogP contribution in [0.25, 0.3) is 0 Å². The maximum Gasteiger partial charge on any atom is 0.326 e. The highest BCUT2D eigenvalue weighted by Crippen LogP contribution is 2.13. The second-order valence-corrected chi connectivity index (χ2v) is 5.52. The van der Waals surface area contributed by atoms with Gasteiger partial charge in [0.2, 0.25) is 5.91 Å². The van der Waals surface area contributed by atoms with E-state index in [9.17, 15) is 14.4 Å². The van der Waals surface area contributed by atoms with Gasteiger partial charge in [-0.05, 0) is 38.8 Å². The number of amides is 3. The molecule has 1 heterocycles. The zero-order valence-electron chi connectivity index (χ0n) is 12.3.